The molecule has 25 heavy (non-hydrogen) atoms. The van der Waals surface area contributed by atoms with E-state index in [1.807, 2.05) is 4.90 Å². The molecule has 0 spiro atoms. The maximum atomic E-state index is 12.1. The number of non-ortho nitro benzene ring substituents is 1. The first-order valence-electron chi connectivity index (χ1n) is 7.58. The molecule has 2 heterocycles. The second kappa shape index (κ2) is 6.40. The molecule has 10 heteroatoms. The molecule has 1 aromatic carbocycles. The summed E-state index contributed by atoms with van der Waals surface area (Å²) in [7, 11) is 0. The van der Waals surface area contributed by atoms with Gasteiger partial charge in [-0.2, -0.15) is 0 Å². The molecule has 0 atom stereocenters. The topological polar surface area (TPSA) is 135 Å². The van der Waals surface area contributed by atoms with Crippen LogP contribution in [-0.4, -0.2) is 31.3 Å². The van der Waals surface area contributed by atoms with E-state index < -0.39 is 9.85 Å². The Morgan fingerprint density at radius 2 is 2.04 bits per heavy atom. The van der Waals surface area contributed by atoms with Crippen LogP contribution in [-0.2, 0) is 19.5 Å². The summed E-state index contributed by atoms with van der Waals surface area (Å²) in [5.41, 5.74) is 0.851. The van der Waals surface area contributed by atoms with Crippen molar-refractivity contribution in [1.82, 2.24) is 14.9 Å². The van der Waals surface area contributed by atoms with E-state index in [-0.39, 0.29) is 23.5 Å². The standard InChI is InChI=1S/C15H15N5O5/c1-9-16-13-4-5-18(8-12(13)15(21)17-9)7-10-2-3-11(19(22)23)6-14(10)20(24)25/h2-3,6H,4-5,7-8H2,1H3,(H,16,17,21). The van der Waals surface area contributed by atoms with Gasteiger partial charge in [0.2, 0.25) is 0 Å². The fourth-order valence-electron chi connectivity index (χ4n) is 2.95. The van der Waals surface area contributed by atoms with Crippen molar-refractivity contribution in [3.05, 3.63) is 71.4 Å². The molecular formula is C15H15N5O5. The van der Waals surface area contributed by atoms with Gasteiger partial charge in [-0.25, -0.2) is 4.98 Å². The Balaban J connectivity index is 1.87. The van der Waals surface area contributed by atoms with Gasteiger partial charge in [0.05, 0.1) is 27.2 Å². The first-order valence-corrected chi connectivity index (χ1v) is 7.58. The molecule has 0 amide bonds. The van der Waals surface area contributed by atoms with Crippen LogP contribution in [0.15, 0.2) is 23.0 Å². The Kier molecular flexibility index (Phi) is 4.28. The quantitative estimate of drug-likeness (QED) is 0.654. The second-order valence-electron chi connectivity index (χ2n) is 5.86. The molecule has 1 aromatic heterocycles. The zero-order valence-corrected chi connectivity index (χ0v) is 13.4. The molecule has 0 aliphatic carbocycles. The Labute approximate surface area is 141 Å². The molecule has 1 aliphatic rings. The van der Waals surface area contributed by atoms with Crippen molar-refractivity contribution < 1.29 is 9.85 Å². The maximum absolute atomic E-state index is 12.1. The number of aryl methyl sites for hydroxylation is 1. The minimum Gasteiger partial charge on any atom is -0.310 e. The monoisotopic (exact) mass is 345 g/mol. The summed E-state index contributed by atoms with van der Waals surface area (Å²) in [6.45, 7) is 2.86. The van der Waals surface area contributed by atoms with Crippen molar-refractivity contribution in [2.75, 3.05) is 6.54 Å². The summed E-state index contributed by atoms with van der Waals surface area (Å²) in [5.74, 6) is 0.559. The van der Waals surface area contributed by atoms with Crippen LogP contribution in [0.2, 0.25) is 0 Å². The summed E-state index contributed by atoms with van der Waals surface area (Å²) < 4.78 is 0. The lowest BCUT2D eigenvalue weighted by molar-refractivity contribution is -0.394. The molecule has 0 saturated heterocycles. The van der Waals surface area contributed by atoms with Gasteiger partial charge in [-0.15, -0.1) is 0 Å². The lowest BCUT2D eigenvalue weighted by atomic mass is 10.1. The Morgan fingerprint density at radius 1 is 1.28 bits per heavy atom. The molecule has 3 rings (SSSR count). The number of aromatic nitrogens is 2. The van der Waals surface area contributed by atoms with Crippen molar-refractivity contribution in [2.24, 2.45) is 0 Å². The number of nitrogens with one attached hydrogen (secondary N) is 1. The van der Waals surface area contributed by atoms with Crippen LogP contribution in [0.1, 0.15) is 22.6 Å². The highest BCUT2D eigenvalue weighted by molar-refractivity contribution is 5.49. The lowest BCUT2D eigenvalue weighted by Gasteiger charge is -2.27. The maximum Gasteiger partial charge on any atom is 0.280 e. The van der Waals surface area contributed by atoms with Crippen LogP contribution in [0.5, 0.6) is 0 Å². The van der Waals surface area contributed by atoms with Gasteiger partial charge >= 0.3 is 0 Å². The Bertz CT molecular complexity index is 923. The van der Waals surface area contributed by atoms with Crippen LogP contribution in [0, 0.1) is 27.2 Å². The van der Waals surface area contributed by atoms with Crippen LogP contribution in [0.4, 0.5) is 11.4 Å². The number of nitro groups is 2. The van der Waals surface area contributed by atoms with E-state index in [0.29, 0.717) is 36.5 Å². The summed E-state index contributed by atoms with van der Waals surface area (Å²) in [6, 6.07) is 3.60. The first-order chi connectivity index (χ1) is 11.8. The SMILES string of the molecule is Cc1nc2c(c(=O)[nH]1)CN(Cc1ccc([N+](=O)[O-])cc1[N+](=O)[O-])CC2. The van der Waals surface area contributed by atoms with Gasteiger partial charge in [0.25, 0.3) is 16.9 Å². The fourth-order valence-corrected chi connectivity index (χ4v) is 2.95. The van der Waals surface area contributed by atoms with Gasteiger partial charge in [0.15, 0.2) is 0 Å². The van der Waals surface area contributed by atoms with Crippen molar-refractivity contribution >= 4 is 11.4 Å². The summed E-state index contributed by atoms with van der Waals surface area (Å²) in [5, 5.41) is 22.0. The molecule has 10 nitrogen and oxygen atoms in total. The zero-order chi connectivity index (χ0) is 18.1. The van der Waals surface area contributed by atoms with Crippen LogP contribution in [0.25, 0.3) is 0 Å². The highest BCUT2D eigenvalue weighted by Gasteiger charge is 2.25. The average Bonchev–Trinajstić information content (AvgIpc) is 2.55. The number of fused-ring (bicyclic) bond motifs is 1. The molecule has 2 aromatic rings. The number of aromatic amines is 1. The van der Waals surface area contributed by atoms with Gasteiger partial charge in [-0.1, -0.05) is 0 Å². The first kappa shape index (κ1) is 16.7. The zero-order valence-electron chi connectivity index (χ0n) is 13.4. The van der Waals surface area contributed by atoms with Crippen molar-refractivity contribution in [2.45, 2.75) is 26.4 Å². The summed E-state index contributed by atoms with van der Waals surface area (Å²) in [4.78, 5) is 41.7. The molecule has 130 valence electrons. The van der Waals surface area contributed by atoms with E-state index in [4.69, 9.17) is 0 Å². The van der Waals surface area contributed by atoms with Crippen molar-refractivity contribution in [1.29, 1.82) is 0 Å². The normalized spacial score (nSPS) is 14.1. The number of benzene rings is 1. The molecule has 1 N–H and O–H groups in total. The highest BCUT2D eigenvalue weighted by Crippen LogP contribution is 2.27. The number of nitrogens with zero attached hydrogens (tertiary/aromatic N) is 4. The molecule has 0 fully saturated rings. The van der Waals surface area contributed by atoms with Gasteiger partial charge in [0, 0.05) is 37.7 Å². The molecule has 0 unspecified atom stereocenters. The van der Waals surface area contributed by atoms with Crippen LogP contribution in [0.3, 0.4) is 0 Å². The number of H-pyrrole nitrogens is 1. The predicted octanol–water partition coefficient (Wildman–Crippen LogP) is 1.45. The van der Waals surface area contributed by atoms with Crippen molar-refractivity contribution in [3.8, 4) is 0 Å². The van der Waals surface area contributed by atoms with Gasteiger partial charge in [0.1, 0.15) is 5.82 Å². The minimum atomic E-state index is -0.665. The van der Waals surface area contributed by atoms with E-state index in [1.54, 1.807) is 6.92 Å². The average molecular weight is 345 g/mol. The smallest absolute Gasteiger partial charge is 0.280 e. The molecular weight excluding hydrogens is 330 g/mol. The Hall–Kier alpha value is -3.14. The number of hydrogen-bond acceptors (Lipinski definition) is 7. The Morgan fingerprint density at radius 3 is 2.72 bits per heavy atom. The summed E-state index contributed by atoms with van der Waals surface area (Å²) in [6.07, 6.45) is 0.570. The van der Waals surface area contributed by atoms with Crippen LogP contribution >= 0.6 is 0 Å². The van der Waals surface area contributed by atoms with Gasteiger partial charge in [-0.3, -0.25) is 29.9 Å². The van der Waals surface area contributed by atoms with E-state index >= 15 is 0 Å². The van der Waals surface area contributed by atoms with E-state index in [9.17, 15) is 25.0 Å². The fraction of sp³-hybridized carbons (Fsp3) is 0.333. The molecule has 0 bridgehead atoms. The van der Waals surface area contributed by atoms with Gasteiger partial charge in [-0.05, 0) is 13.0 Å². The third-order valence-electron chi connectivity index (χ3n) is 4.14. The van der Waals surface area contributed by atoms with Gasteiger partial charge < -0.3 is 4.98 Å². The third kappa shape index (κ3) is 3.38. The molecule has 0 saturated carbocycles. The second-order valence-corrected chi connectivity index (χ2v) is 5.86. The minimum absolute atomic E-state index is 0.203. The van der Waals surface area contributed by atoms with E-state index in [0.717, 1.165) is 11.8 Å². The number of nitro benzene ring substituents is 2. The largest absolute Gasteiger partial charge is 0.310 e. The predicted molar refractivity (Wildman–Crippen MR) is 87.2 cm³/mol. The van der Waals surface area contributed by atoms with E-state index in [2.05, 4.69) is 9.97 Å². The number of hydrogen-bond donors (Lipinski definition) is 1. The lowest BCUT2D eigenvalue weighted by Crippen LogP contribution is -2.35. The third-order valence-corrected chi connectivity index (χ3v) is 4.14. The summed E-state index contributed by atoms with van der Waals surface area (Å²) >= 11 is 0. The molecule has 0 radical (unpaired) electrons. The number of rotatable bonds is 4. The van der Waals surface area contributed by atoms with E-state index in [1.165, 1.54) is 12.1 Å². The van der Waals surface area contributed by atoms with Crippen molar-refractivity contribution in [3.63, 3.8) is 0 Å². The highest BCUT2D eigenvalue weighted by atomic mass is 16.6. The van der Waals surface area contributed by atoms with Crippen LogP contribution < -0.4 is 5.56 Å². The molecule has 1 aliphatic heterocycles.